The highest BCUT2D eigenvalue weighted by Gasteiger charge is 2.36. The first-order valence-corrected chi connectivity index (χ1v) is 12.4. The SMILES string of the molecule is C=c1/c(=C\C(F)C(C)(N)N2CCN(C)CC2)c(=O)c(/C=N/NC(=S)Nc2cccs2)cn1CC. The second-order valence-corrected chi connectivity index (χ2v) is 9.80. The molecule has 34 heavy (non-hydrogen) atoms. The fraction of sp³-hybridized carbons (Fsp3) is 0.435. The van der Waals surface area contributed by atoms with Crippen molar-refractivity contribution in [2.75, 3.05) is 38.5 Å². The van der Waals surface area contributed by atoms with E-state index in [4.69, 9.17) is 18.0 Å². The minimum Gasteiger partial charge on any atom is -0.347 e. The van der Waals surface area contributed by atoms with Crippen LogP contribution in [0.15, 0.2) is 33.6 Å². The number of aryl methyl sites for hydroxylation is 1. The summed E-state index contributed by atoms with van der Waals surface area (Å²) in [4.78, 5) is 17.3. The lowest BCUT2D eigenvalue weighted by molar-refractivity contribution is 0.0198. The number of aromatic nitrogens is 1. The van der Waals surface area contributed by atoms with E-state index >= 15 is 4.39 Å². The van der Waals surface area contributed by atoms with Crippen LogP contribution in [0.5, 0.6) is 0 Å². The summed E-state index contributed by atoms with van der Waals surface area (Å²) in [5.74, 6) is 0. The van der Waals surface area contributed by atoms with E-state index in [9.17, 15) is 4.79 Å². The van der Waals surface area contributed by atoms with E-state index in [0.717, 1.165) is 18.1 Å². The molecule has 0 saturated carbocycles. The van der Waals surface area contributed by atoms with Gasteiger partial charge in [0, 0.05) is 49.5 Å². The molecular formula is C23H32FN7OS2. The molecule has 4 N–H and O–H groups in total. The normalized spacial score (nSPS) is 18.7. The molecule has 184 valence electrons. The molecule has 1 aliphatic heterocycles. The third-order valence-electron chi connectivity index (χ3n) is 5.98. The number of nitrogens with zero attached hydrogens (tertiary/aromatic N) is 4. The number of hydrogen-bond acceptors (Lipinski definition) is 7. The van der Waals surface area contributed by atoms with E-state index < -0.39 is 11.8 Å². The Morgan fingerprint density at radius 3 is 2.76 bits per heavy atom. The minimum atomic E-state index is -1.57. The molecule has 8 nitrogen and oxygen atoms in total. The van der Waals surface area contributed by atoms with Crippen molar-refractivity contribution < 1.29 is 4.39 Å². The molecule has 2 unspecified atom stereocenters. The number of hydrazone groups is 1. The summed E-state index contributed by atoms with van der Waals surface area (Å²) in [5, 5.41) is 10.8. The fourth-order valence-corrected chi connectivity index (χ4v) is 4.57. The van der Waals surface area contributed by atoms with Gasteiger partial charge in [-0.2, -0.15) is 5.10 Å². The van der Waals surface area contributed by atoms with Crippen LogP contribution in [-0.4, -0.2) is 70.8 Å². The largest absolute Gasteiger partial charge is 0.347 e. The Morgan fingerprint density at radius 1 is 1.44 bits per heavy atom. The van der Waals surface area contributed by atoms with Gasteiger partial charge in [-0.3, -0.25) is 15.1 Å². The lowest BCUT2D eigenvalue weighted by Gasteiger charge is -2.43. The van der Waals surface area contributed by atoms with Crippen LogP contribution in [0.25, 0.3) is 12.7 Å². The Bertz CT molecular complexity index is 1190. The predicted molar refractivity (Wildman–Crippen MR) is 143 cm³/mol. The van der Waals surface area contributed by atoms with Crippen molar-refractivity contribution in [3.8, 4) is 0 Å². The van der Waals surface area contributed by atoms with Crippen LogP contribution in [0, 0.1) is 0 Å². The molecule has 3 heterocycles. The third kappa shape index (κ3) is 6.16. The molecule has 2 aromatic rings. The first-order valence-electron chi connectivity index (χ1n) is 11.1. The van der Waals surface area contributed by atoms with Crippen LogP contribution in [0.3, 0.4) is 0 Å². The number of rotatable bonds is 7. The van der Waals surface area contributed by atoms with Gasteiger partial charge in [0.05, 0.1) is 16.8 Å². The summed E-state index contributed by atoms with van der Waals surface area (Å²) in [6.45, 7) is 11.1. The number of thiocarbonyl (C=S) groups is 1. The van der Waals surface area contributed by atoms with Crippen LogP contribution < -0.4 is 32.5 Å². The summed E-state index contributed by atoms with van der Waals surface area (Å²) in [5.41, 5.74) is 7.79. The first kappa shape index (κ1) is 26.2. The molecule has 3 rings (SSSR count). The number of nitrogens with two attached hydrogens (primary N) is 1. The Balaban J connectivity index is 1.86. The van der Waals surface area contributed by atoms with Crippen LogP contribution in [-0.2, 0) is 6.54 Å². The number of hydrogen-bond donors (Lipinski definition) is 3. The second kappa shape index (κ2) is 11.3. The molecule has 0 radical (unpaired) electrons. The van der Waals surface area contributed by atoms with Gasteiger partial charge < -0.3 is 20.5 Å². The fourth-order valence-electron chi connectivity index (χ4n) is 3.72. The average molecular weight is 506 g/mol. The van der Waals surface area contributed by atoms with Crippen molar-refractivity contribution in [3.63, 3.8) is 0 Å². The van der Waals surface area contributed by atoms with Crippen molar-refractivity contribution in [1.82, 2.24) is 19.8 Å². The zero-order valence-corrected chi connectivity index (χ0v) is 21.4. The predicted octanol–water partition coefficient (Wildman–Crippen LogP) is 0.701. The zero-order chi connectivity index (χ0) is 24.9. The molecule has 0 aliphatic carbocycles. The highest BCUT2D eigenvalue weighted by molar-refractivity contribution is 7.80. The number of alkyl halides is 1. The van der Waals surface area contributed by atoms with Gasteiger partial charge >= 0.3 is 0 Å². The molecule has 0 aromatic carbocycles. The molecule has 0 spiro atoms. The number of pyridine rings is 1. The van der Waals surface area contributed by atoms with Crippen LogP contribution in [0.4, 0.5) is 9.39 Å². The molecule has 1 saturated heterocycles. The number of nitrogens with one attached hydrogen (secondary N) is 2. The van der Waals surface area contributed by atoms with E-state index in [0.29, 0.717) is 30.1 Å². The molecule has 11 heteroatoms. The van der Waals surface area contributed by atoms with Gasteiger partial charge in [-0.05, 0) is 56.7 Å². The molecule has 1 aliphatic rings. The number of piperazine rings is 1. The second-order valence-electron chi connectivity index (χ2n) is 8.45. The lowest BCUT2D eigenvalue weighted by atomic mass is 10.0. The van der Waals surface area contributed by atoms with Crippen molar-refractivity contribution in [2.24, 2.45) is 10.8 Å². The third-order valence-corrected chi connectivity index (χ3v) is 6.96. The van der Waals surface area contributed by atoms with Gasteiger partial charge in [0.1, 0.15) is 5.66 Å². The van der Waals surface area contributed by atoms with E-state index in [1.165, 1.54) is 23.6 Å². The van der Waals surface area contributed by atoms with Crippen LogP contribution >= 0.6 is 23.6 Å². The van der Waals surface area contributed by atoms with Gasteiger partial charge in [-0.25, -0.2) is 4.39 Å². The maximum Gasteiger partial charge on any atom is 0.197 e. The Hall–Kier alpha value is -2.44. The zero-order valence-electron chi connectivity index (χ0n) is 19.8. The van der Waals surface area contributed by atoms with E-state index in [-0.39, 0.29) is 16.2 Å². The van der Waals surface area contributed by atoms with E-state index in [1.54, 1.807) is 17.7 Å². The van der Waals surface area contributed by atoms with Crippen molar-refractivity contribution in [2.45, 2.75) is 32.2 Å². The monoisotopic (exact) mass is 505 g/mol. The standard InChI is InChI=1S/C23H32FN7OS2/c1-5-30-15-17(14-26-28-22(33)27-20-7-6-12-34-20)21(32)18(16(30)2)13-19(24)23(3,25)31-10-8-29(4)9-11-31/h6-7,12-15,19H,2,5,8-11,25H2,1,3-4H3,(H2,27,28,33)/b18-13+,26-14+. The minimum absolute atomic E-state index is 0.184. The van der Waals surface area contributed by atoms with E-state index in [2.05, 4.69) is 27.3 Å². The summed E-state index contributed by atoms with van der Waals surface area (Å²) in [6.07, 6.45) is 2.76. The highest BCUT2D eigenvalue weighted by Crippen LogP contribution is 2.19. The summed E-state index contributed by atoms with van der Waals surface area (Å²) >= 11 is 6.72. The maximum atomic E-state index is 15.5. The van der Waals surface area contributed by atoms with Crippen molar-refractivity contribution in [1.29, 1.82) is 0 Å². The number of likely N-dealkylation sites (N-methyl/N-ethyl adjacent to an activating group) is 1. The summed E-state index contributed by atoms with van der Waals surface area (Å²) in [7, 11) is 2.03. The van der Waals surface area contributed by atoms with Crippen molar-refractivity contribution >= 4 is 52.5 Å². The molecule has 1 fully saturated rings. The highest BCUT2D eigenvalue weighted by atomic mass is 32.1. The number of thiophene rings is 1. The molecule has 2 atom stereocenters. The summed E-state index contributed by atoms with van der Waals surface area (Å²) < 4.78 is 17.3. The molecule has 2 aromatic heterocycles. The van der Waals surface area contributed by atoms with Gasteiger partial charge in [0.2, 0.25) is 0 Å². The Morgan fingerprint density at radius 2 is 2.15 bits per heavy atom. The quantitative estimate of drug-likeness (QED) is 0.290. The van der Waals surface area contributed by atoms with E-state index in [1.807, 2.05) is 36.4 Å². The topological polar surface area (TPSA) is 90.9 Å². The molecule has 0 amide bonds. The summed E-state index contributed by atoms with van der Waals surface area (Å²) in [6, 6.07) is 3.79. The van der Waals surface area contributed by atoms with Crippen LogP contribution in [0.1, 0.15) is 19.4 Å². The maximum absolute atomic E-state index is 15.5. The Kier molecular flexibility index (Phi) is 8.72. The Labute approximate surface area is 208 Å². The van der Waals surface area contributed by atoms with Crippen molar-refractivity contribution in [3.05, 3.63) is 50.1 Å². The molecular weight excluding hydrogens is 473 g/mol. The van der Waals surface area contributed by atoms with Crippen LogP contribution in [0.2, 0.25) is 0 Å². The van der Waals surface area contributed by atoms with Gasteiger partial charge in [0.25, 0.3) is 0 Å². The number of anilines is 1. The van der Waals surface area contributed by atoms with Gasteiger partial charge in [-0.1, -0.05) is 6.58 Å². The average Bonchev–Trinajstić information content (AvgIpc) is 3.31. The number of halogens is 1. The molecule has 0 bridgehead atoms. The smallest absolute Gasteiger partial charge is 0.197 e. The van der Waals surface area contributed by atoms with Gasteiger partial charge in [0.15, 0.2) is 16.7 Å². The van der Waals surface area contributed by atoms with Gasteiger partial charge in [-0.15, -0.1) is 11.3 Å². The first-order chi connectivity index (χ1) is 16.1. The lowest BCUT2D eigenvalue weighted by Crippen LogP contribution is -2.64.